The molecule has 0 N–H and O–H groups in total. The highest BCUT2D eigenvalue weighted by Crippen LogP contribution is 2.29. The van der Waals surface area contributed by atoms with Crippen LogP contribution in [0.3, 0.4) is 0 Å². The van der Waals surface area contributed by atoms with Gasteiger partial charge in [-0.2, -0.15) is 5.26 Å². The summed E-state index contributed by atoms with van der Waals surface area (Å²) in [5.74, 6) is -0.281. The van der Waals surface area contributed by atoms with Crippen molar-refractivity contribution in [1.82, 2.24) is 4.90 Å². The monoisotopic (exact) mass is 280 g/mol. The van der Waals surface area contributed by atoms with Crippen molar-refractivity contribution >= 4 is 17.7 Å². The van der Waals surface area contributed by atoms with Crippen LogP contribution in [0.25, 0.3) is 0 Å². The molecule has 19 heavy (non-hydrogen) atoms. The zero-order chi connectivity index (χ0) is 14.4. The van der Waals surface area contributed by atoms with Crippen molar-refractivity contribution in [3.8, 4) is 6.07 Å². The minimum Gasteiger partial charge on any atom is -0.453 e. The second-order valence-electron chi connectivity index (χ2n) is 4.29. The first-order valence-electron chi connectivity index (χ1n) is 5.92. The van der Waals surface area contributed by atoms with E-state index in [9.17, 15) is 4.79 Å². The molecule has 0 aliphatic carbocycles. The molecule has 1 rings (SSSR count). The van der Waals surface area contributed by atoms with E-state index < -0.39 is 11.5 Å². The smallest absolute Gasteiger partial charge is 0.409 e. The molecule has 0 saturated carbocycles. The number of methoxy groups -OCH3 is 1. The van der Waals surface area contributed by atoms with Crippen LogP contribution in [0.5, 0.6) is 0 Å². The number of likely N-dealkylation sites (N-methyl/N-ethyl adjacent to an activating group) is 1. The number of rotatable bonds is 4. The van der Waals surface area contributed by atoms with Gasteiger partial charge in [0, 0.05) is 19.0 Å². The molecule has 0 fully saturated rings. The lowest BCUT2D eigenvalue weighted by atomic mass is 9.89. The van der Waals surface area contributed by atoms with Crippen molar-refractivity contribution in [3.63, 3.8) is 0 Å². The maximum Gasteiger partial charge on any atom is 0.409 e. The van der Waals surface area contributed by atoms with Crippen LogP contribution in [0.1, 0.15) is 18.4 Å². The molecule has 0 unspecified atom stereocenters. The summed E-state index contributed by atoms with van der Waals surface area (Å²) in [6.45, 7) is 1.85. The number of nitriles is 1. The van der Waals surface area contributed by atoms with Crippen LogP contribution in [0, 0.1) is 11.3 Å². The first-order chi connectivity index (χ1) is 9.02. The minimum atomic E-state index is -0.718. The molecule has 0 aliphatic rings. The highest BCUT2D eigenvalue weighted by molar-refractivity contribution is 6.22. The number of nitrogens with zero attached hydrogens (tertiary/aromatic N) is 2. The lowest BCUT2D eigenvalue weighted by Gasteiger charge is -2.32. The van der Waals surface area contributed by atoms with E-state index in [2.05, 4.69) is 0 Å². The van der Waals surface area contributed by atoms with Crippen molar-refractivity contribution in [3.05, 3.63) is 35.9 Å². The van der Waals surface area contributed by atoms with Crippen LogP contribution < -0.4 is 0 Å². The van der Waals surface area contributed by atoms with Gasteiger partial charge in [-0.05, 0) is 12.5 Å². The summed E-state index contributed by atoms with van der Waals surface area (Å²) in [5, 5.41) is 8.36. The largest absolute Gasteiger partial charge is 0.453 e. The quantitative estimate of drug-likeness (QED) is 0.797. The Bertz CT molecular complexity index is 458. The Kier molecular flexibility index (Phi) is 5.65. The van der Waals surface area contributed by atoms with E-state index in [1.807, 2.05) is 43.3 Å². The molecule has 0 bridgehead atoms. The van der Waals surface area contributed by atoms with E-state index in [0.717, 1.165) is 5.56 Å². The molecular weight excluding hydrogens is 264 g/mol. The Morgan fingerprint density at radius 1 is 1.42 bits per heavy atom. The van der Waals surface area contributed by atoms with Gasteiger partial charge >= 0.3 is 6.09 Å². The molecule has 1 aromatic carbocycles. The molecule has 0 saturated heterocycles. The topological polar surface area (TPSA) is 53.3 Å². The van der Waals surface area contributed by atoms with Gasteiger partial charge in [0.15, 0.2) is 0 Å². The Labute approximate surface area is 118 Å². The van der Waals surface area contributed by atoms with Crippen LogP contribution in [0.15, 0.2) is 30.3 Å². The Hall–Kier alpha value is -1.73. The minimum absolute atomic E-state index is 0.253. The summed E-state index contributed by atoms with van der Waals surface area (Å²) in [5.41, 5.74) is 0.923. The van der Waals surface area contributed by atoms with Crippen LogP contribution in [-0.2, 0) is 4.74 Å². The Balaban J connectivity index is 3.05. The third-order valence-corrected chi connectivity index (χ3v) is 3.59. The molecule has 1 amide bonds. The second-order valence-corrected chi connectivity index (χ2v) is 4.76. The van der Waals surface area contributed by atoms with Gasteiger partial charge < -0.3 is 9.64 Å². The van der Waals surface area contributed by atoms with E-state index in [4.69, 9.17) is 21.6 Å². The fourth-order valence-electron chi connectivity index (χ4n) is 2.00. The third-order valence-electron chi connectivity index (χ3n) is 3.22. The highest BCUT2D eigenvalue weighted by atomic mass is 35.5. The SMILES string of the molecule is COC(=O)N(C)[C@@H](C)[C@H](c1ccccc1)[C@@H](Cl)C#N. The standard InChI is InChI=1S/C14H17ClN2O2/c1-10(17(2)14(18)19-3)13(12(15)9-16)11-7-5-4-6-8-11/h4-8,10,12-13H,1-3H3/t10-,12-,13+/m0/s1. The molecule has 0 aliphatic heterocycles. The zero-order valence-electron chi connectivity index (χ0n) is 11.2. The summed E-state index contributed by atoms with van der Waals surface area (Å²) in [7, 11) is 2.96. The molecule has 5 heteroatoms. The summed E-state index contributed by atoms with van der Waals surface area (Å²) in [6, 6.07) is 11.3. The van der Waals surface area contributed by atoms with Crippen molar-refractivity contribution in [1.29, 1.82) is 5.26 Å². The lowest BCUT2D eigenvalue weighted by molar-refractivity contribution is 0.115. The predicted octanol–water partition coefficient (Wildman–Crippen LogP) is 2.99. The predicted molar refractivity (Wildman–Crippen MR) is 74.1 cm³/mol. The Morgan fingerprint density at radius 2 is 2.00 bits per heavy atom. The number of ether oxygens (including phenoxy) is 1. The molecule has 1 aromatic rings. The van der Waals surface area contributed by atoms with Gasteiger partial charge in [-0.25, -0.2) is 4.79 Å². The van der Waals surface area contributed by atoms with Gasteiger partial charge in [0.1, 0.15) is 5.38 Å². The number of benzene rings is 1. The summed E-state index contributed by atoms with van der Waals surface area (Å²) >= 11 is 6.11. The van der Waals surface area contributed by atoms with E-state index in [1.165, 1.54) is 12.0 Å². The average molecular weight is 281 g/mol. The number of alkyl halides is 1. The van der Waals surface area contributed by atoms with Crippen LogP contribution in [-0.4, -0.2) is 36.6 Å². The normalized spacial score (nSPS) is 14.9. The lowest BCUT2D eigenvalue weighted by Crippen LogP contribution is -2.41. The van der Waals surface area contributed by atoms with Gasteiger partial charge in [0.25, 0.3) is 0 Å². The molecule has 0 aromatic heterocycles. The summed E-state index contributed by atoms with van der Waals surface area (Å²) in [6.07, 6.45) is -0.449. The number of carbonyl (C=O) groups excluding carboxylic acids is 1. The summed E-state index contributed by atoms with van der Waals surface area (Å²) < 4.78 is 4.69. The van der Waals surface area contributed by atoms with E-state index in [1.54, 1.807) is 7.05 Å². The second kappa shape index (κ2) is 7.01. The van der Waals surface area contributed by atoms with Crippen molar-refractivity contribution in [2.24, 2.45) is 0 Å². The first kappa shape index (κ1) is 15.3. The van der Waals surface area contributed by atoms with Gasteiger partial charge in [0.05, 0.1) is 13.2 Å². The van der Waals surface area contributed by atoms with E-state index in [0.29, 0.717) is 0 Å². The fraction of sp³-hybridized carbons (Fsp3) is 0.429. The maximum absolute atomic E-state index is 11.6. The Morgan fingerprint density at radius 3 is 2.47 bits per heavy atom. The average Bonchev–Trinajstić information content (AvgIpc) is 2.46. The number of hydrogen-bond acceptors (Lipinski definition) is 3. The van der Waals surface area contributed by atoms with Crippen LogP contribution >= 0.6 is 11.6 Å². The molecule has 3 atom stereocenters. The van der Waals surface area contributed by atoms with Crippen molar-refractivity contribution in [2.75, 3.05) is 14.2 Å². The molecule has 0 spiro atoms. The van der Waals surface area contributed by atoms with Crippen molar-refractivity contribution in [2.45, 2.75) is 24.3 Å². The number of halogens is 1. The first-order valence-corrected chi connectivity index (χ1v) is 6.36. The van der Waals surface area contributed by atoms with Gasteiger partial charge in [-0.3, -0.25) is 0 Å². The maximum atomic E-state index is 11.6. The number of carbonyl (C=O) groups is 1. The molecule has 102 valence electrons. The zero-order valence-corrected chi connectivity index (χ0v) is 12.0. The number of amides is 1. The van der Waals surface area contributed by atoms with E-state index >= 15 is 0 Å². The van der Waals surface area contributed by atoms with Gasteiger partial charge in [-0.1, -0.05) is 30.3 Å². The van der Waals surface area contributed by atoms with Crippen molar-refractivity contribution < 1.29 is 9.53 Å². The molecular formula is C14H17ClN2O2. The van der Waals surface area contributed by atoms with Gasteiger partial charge in [0.2, 0.25) is 0 Å². The third kappa shape index (κ3) is 3.62. The molecule has 0 heterocycles. The molecule has 0 radical (unpaired) electrons. The van der Waals surface area contributed by atoms with Crippen LogP contribution in [0.4, 0.5) is 4.79 Å². The van der Waals surface area contributed by atoms with Crippen LogP contribution in [0.2, 0.25) is 0 Å². The van der Waals surface area contributed by atoms with E-state index in [-0.39, 0.29) is 12.0 Å². The fourth-order valence-corrected chi connectivity index (χ4v) is 2.35. The molecule has 4 nitrogen and oxygen atoms in total. The summed E-state index contributed by atoms with van der Waals surface area (Å²) in [4.78, 5) is 13.0. The highest BCUT2D eigenvalue weighted by Gasteiger charge is 2.31. The van der Waals surface area contributed by atoms with Gasteiger partial charge in [-0.15, -0.1) is 11.6 Å². The number of hydrogen-bond donors (Lipinski definition) is 0.